The lowest BCUT2D eigenvalue weighted by molar-refractivity contribution is -0.749. The lowest BCUT2D eigenvalue weighted by Gasteiger charge is -1.89. The van der Waals surface area contributed by atoms with Crippen LogP contribution in [0, 0.1) is 10.1 Å². The third-order valence-corrected chi connectivity index (χ3v) is 1.17. The number of benzene rings is 1. The van der Waals surface area contributed by atoms with Crippen molar-refractivity contribution in [3.05, 3.63) is 46.0 Å². The monoisotopic (exact) mass is 185 g/mol. The summed E-state index contributed by atoms with van der Waals surface area (Å²) >= 11 is 0. The van der Waals surface area contributed by atoms with Crippen molar-refractivity contribution in [2.24, 2.45) is 0 Å². The van der Waals surface area contributed by atoms with E-state index in [9.17, 15) is 0 Å². The van der Waals surface area contributed by atoms with Crippen molar-refractivity contribution in [1.82, 2.24) is 0 Å². The normalized spacial score (nSPS) is 8.15. The Morgan fingerprint density at radius 2 is 1.92 bits per heavy atom. The molecule has 0 bridgehead atoms. The van der Waals surface area contributed by atoms with Crippen LogP contribution >= 0.6 is 0 Å². The molecular weight excluding hydrogens is 174 g/mol. The van der Waals surface area contributed by atoms with Crippen LogP contribution in [-0.2, 0) is 11.4 Å². The highest BCUT2D eigenvalue weighted by Gasteiger charge is 1.81. The lowest BCUT2D eigenvalue weighted by atomic mass is 10.2. The number of aliphatic hydroxyl groups excluding tert-OH is 1. The van der Waals surface area contributed by atoms with Crippen LogP contribution in [0.4, 0.5) is 0 Å². The summed E-state index contributed by atoms with van der Waals surface area (Å²) in [5, 5.41) is 16.6. The topological polar surface area (TPSA) is 72.6 Å². The van der Waals surface area contributed by atoms with Gasteiger partial charge in [0.25, 0.3) is 5.09 Å². The Balaban J connectivity index is 0.000000252. The minimum atomic E-state index is -0.875. The SMILES string of the molecule is CO[N+](=O)[O-].OCc1ccccc1. The standard InChI is InChI=1S/C7H8O.CH3NO3/c8-6-7-4-2-1-3-5-7;1-5-2(3)4/h1-5,8H,6H2;1H3. The molecule has 0 unspecified atom stereocenters. The van der Waals surface area contributed by atoms with Gasteiger partial charge in [-0.3, -0.25) is 0 Å². The summed E-state index contributed by atoms with van der Waals surface area (Å²) in [6.07, 6.45) is 0. The number of aliphatic hydroxyl groups is 1. The summed E-state index contributed by atoms with van der Waals surface area (Å²) in [6, 6.07) is 9.52. The van der Waals surface area contributed by atoms with Crippen LogP contribution < -0.4 is 0 Å². The summed E-state index contributed by atoms with van der Waals surface area (Å²) < 4.78 is 0. The Morgan fingerprint density at radius 3 is 2.15 bits per heavy atom. The minimum Gasteiger partial charge on any atom is -0.392 e. The van der Waals surface area contributed by atoms with Crippen molar-refractivity contribution >= 4 is 0 Å². The van der Waals surface area contributed by atoms with E-state index in [1.807, 2.05) is 30.3 Å². The number of hydrogen-bond donors (Lipinski definition) is 1. The predicted octanol–water partition coefficient (Wildman–Crippen LogP) is 1.00. The Hall–Kier alpha value is -1.62. The highest BCUT2D eigenvalue weighted by molar-refractivity contribution is 5.12. The van der Waals surface area contributed by atoms with Gasteiger partial charge < -0.3 is 9.94 Å². The maximum absolute atomic E-state index is 8.95. The molecule has 0 spiro atoms. The van der Waals surface area contributed by atoms with E-state index in [0.29, 0.717) is 0 Å². The first kappa shape index (κ1) is 11.4. The number of hydrogen-bond acceptors (Lipinski definition) is 4. The van der Waals surface area contributed by atoms with Crippen LogP contribution in [0.1, 0.15) is 5.56 Å². The Morgan fingerprint density at radius 1 is 1.46 bits per heavy atom. The first-order chi connectivity index (χ1) is 6.20. The van der Waals surface area contributed by atoms with Gasteiger partial charge >= 0.3 is 0 Å². The largest absolute Gasteiger partial charge is 0.392 e. The average molecular weight is 185 g/mol. The first-order valence-electron chi connectivity index (χ1n) is 3.54. The van der Waals surface area contributed by atoms with E-state index in [0.717, 1.165) is 12.7 Å². The number of nitrogens with zero attached hydrogens (tertiary/aromatic N) is 1. The molecule has 1 aromatic rings. The maximum atomic E-state index is 8.95. The highest BCUT2D eigenvalue weighted by Crippen LogP contribution is 1.95. The Labute approximate surface area is 75.7 Å². The van der Waals surface area contributed by atoms with E-state index >= 15 is 0 Å². The Bertz CT molecular complexity index is 237. The molecule has 5 heteroatoms. The molecular formula is C8H11NO4. The zero-order valence-electron chi connectivity index (χ0n) is 7.21. The molecule has 0 atom stereocenters. The van der Waals surface area contributed by atoms with Gasteiger partial charge in [-0.15, -0.1) is 10.1 Å². The molecule has 1 rings (SSSR count). The summed E-state index contributed by atoms with van der Waals surface area (Å²) in [5.74, 6) is 0. The van der Waals surface area contributed by atoms with Gasteiger partial charge in [-0.25, -0.2) is 0 Å². The third-order valence-electron chi connectivity index (χ3n) is 1.17. The molecule has 5 nitrogen and oxygen atoms in total. The fourth-order valence-electron chi connectivity index (χ4n) is 0.583. The van der Waals surface area contributed by atoms with Crippen molar-refractivity contribution < 1.29 is 15.0 Å². The van der Waals surface area contributed by atoms with Crippen molar-refractivity contribution in [2.45, 2.75) is 6.61 Å². The molecule has 0 amide bonds. The highest BCUT2D eigenvalue weighted by atomic mass is 16.9. The minimum absolute atomic E-state index is 0.140. The summed E-state index contributed by atoms with van der Waals surface area (Å²) in [6.45, 7) is 0.140. The quantitative estimate of drug-likeness (QED) is 0.551. The summed E-state index contributed by atoms with van der Waals surface area (Å²) in [7, 11) is 1.00. The van der Waals surface area contributed by atoms with Crippen LogP contribution in [0.2, 0.25) is 0 Å². The molecule has 13 heavy (non-hydrogen) atoms. The number of rotatable bonds is 2. The maximum Gasteiger partial charge on any atom is 0.294 e. The van der Waals surface area contributed by atoms with Gasteiger partial charge in [0.2, 0.25) is 0 Å². The lowest BCUT2D eigenvalue weighted by Crippen LogP contribution is -1.91. The van der Waals surface area contributed by atoms with Crippen LogP contribution in [0.15, 0.2) is 30.3 Å². The van der Waals surface area contributed by atoms with E-state index in [1.54, 1.807) is 0 Å². The molecule has 0 radical (unpaired) electrons. The van der Waals surface area contributed by atoms with Crippen LogP contribution in [0.5, 0.6) is 0 Å². The molecule has 1 aromatic carbocycles. The van der Waals surface area contributed by atoms with Gasteiger partial charge in [0.05, 0.1) is 13.7 Å². The van der Waals surface area contributed by atoms with Gasteiger partial charge in [-0.05, 0) is 5.56 Å². The van der Waals surface area contributed by atoms with E-state index < -0.39 is 5.09 Å². The van der Waals surface area contributed by atoms with E-state index in [1.165, 1.54) is 0 Å². The third kappa shape index (κ3) is 6.77. The van der Waals surface area contributed by atoms with E-state index in [-0.39, 0.29) is 6.61 Å². The van der Waals surface area contributed by atoms with Gasteiger partial charge in [0, 0.05) is 0 Å². The molecule has 0 aromatic heterocycles. The predicted molar refractivity (Wildman–Crippen MR) is 46.4 cm³/mol. The Kier molecular flexibility index (Phi) is 6.17. The fraction of sp³-hybridized carbons (Fsp3) is 0.250. The first-order valence-corrected chi connectivity index (χ1v) is 3.54. The molecule has 0 saturated heterocycles. The second-order valence-electron chi connectivity index (χ2n) is 2.05. The van der Waals surface area contributed by atoms with Gasteiger partial charge in [-0.1, -0.05) is 30.3 Å². The smallest absolute Gasteiger partial charge is 0.294 e. The molecule has 72 valence electrons. The van der Waals surface area contributed by atoms with Gasteiger partial charge in [-0.2, -0.15) is 0 Å². The molecule has 0 aliphatic rings. The molecule has 0 saturated carbocycles. The van der Waals surface area contributed by atoms with Crippen molar-refractivity contribution in [2.75, 3.05) is 7.11 Å². The second kappa shape index (κ2) is 7.05. The molecule has 0 aliphatic heterocycles. The second-order valence-corrected chi connectivity index (χ2v) is 2.05. The molecule has 0 aliphatic carbocycles. The van der Waals surface area contributed by atoms with Crippen LogP contribution in [-0.4, -0.2) is 17.3 Å². The van der Waals surface area contributed by atoms with Gasteiger partial charge in [0.1, 0.15) is 0 Å². The zero-order valence-corrected chi connectivity index (χ0v) is 7.21. The van der Waals surface area contributed by atoms with Crippen molar-refractivity contribution in [3.63, 3.8) is 0 Å². The van der Waals surface area contributed by atoms with Crippen molar-refractivity contribution in [3.8, 4) is 0 Å². The van der Waals surface area contributed by atoms with Crippen LogP contribution in [0.25, 0.3) is 0 Å². The summed E-state index contributed by atoms with van der Waals surface area (Å²) in [5.41, 5.74) is 0.965. The average Bonchev–Trinajstić information content (AvgIpc) is 2.20. The van der Waals surface area contributed by atoms with E-state index in [2.05, 4.69) is 4.84 Å². The van der Waals surface area contributed by atoms with Crippen molar-refractivity contribution in [1.29, 1.82) is 0 Å². The molecule has 0 heterocycles. The van der Waals surface area contributed by atoms with Gasteiger partial charge in [0.15, 0.2) is 0 Å². The molecule has 1 N–H and O–H groups in total. The fourth-order valence-corrected chi connectivity index (χ4v) is 0.583. The zero-order chi connectivity index (χ0) is 10.1. The van der Waals surface area contributed by atoms with E-state index in [4.69, 9.17) is 15.2 Å². The van der Waals surface area contributed by atoms with Crippen LogP contribution in [0.3, 0.4) is 0 Å². The molecule has 0 fully saturated rings. The summed E-state index contributed by atoms with van der Waals surface area (Å²) in [4.78, 5) is 12.4.